The zero-order valence-corrected chi connectivity index (χ0v) is 13.4. The molecule has 0 amide bonds. The second-order valence-corrected chi connectivity index (χ2v) is 5.85. The Morgan fingerprint density at radius 1 is 1.38 bits per heavy atom. The second kappa shape index (κ2) is 6.60. The standard InChI is InChI=1S/C16H22N4.ClH/c1-12-3-4-13(10-20-6-5-15(17)11-20)16(7-12)14-8-18-19(2)9-14;/h3-4,7-9,15H,5-6,10-11,17H2,1-2H3;1H/t15-;/m1./s1. The van der Waals surface area contributed by atoms with Crippen molar-refractivity contribution < 1.29 is 0 Å². The van der Waals surface area contributed by atoms with Crippen LogP contribution in [0, 0.1) is 6.92 Å². The SMILES string of the molecule is Cc1ccc(CN2CC[C@@H](N)C2)c(-c2cnn(C)c2)c1.Cl. The van der Waals surface area contributed by atoms with Crippen molar-refractivity contribution in [3.63, 3.8) is 0 Å². The minimum atomic E-state index is 0. The lowest BCUT2D eigenvalue weighted by molar-refractivity contribution is 0.327. The van der Waals surface area contributed by atoms with Gasteiger partial charge in [0.2, 0.25) is 0 Å². The van der Waals surface area contributed by atoms with Crippen LogP contribution in [0.25, 0.3) is 11.1 Å². The molecule has 0 aliphatic carbocycles. The molecule has 1 aliphatic rings. The first-order valence-corrected chi connectivity index (χ1v) is 7.18. The van der Waals surface area contributed by atoms with Crippen LogP contribution >= 0.6 is 12.4 Å². The fraction of sp³-hybridized carbons (Fsp3) is 0.438. The van der Waals surface area contributed by atoms with E-state index in [1.54, 1.807) is 0 Å². The number of halogens is 1. The van der Waals surface area contributed by atoms with Crippen molar-refractivity contribution in [2.45, 2.75) is 25.9 Å². The summed E-state index contributed by atoms with van der Waals surface area (Å²) in [4.78, 5) is 2.44. The number of nitrogens with two attached hydrogens (primary N) is 1. The molecule has 1 atom stereocenters. The average Bonchev–Trinajstić information content (AvgIpc) is 3.01. The van der Waals surface area contributed by atoms with Crippen molar-refractivity contribution in [2.24, 2.45) is 12.8 Å². The summed E-state index contributed by atoms with van der Waals surface area (Å²) in [6.45, 7) is 5.20. The van der Waals surface area contributed by atoms with Gasteiger partial charge in [0, 0.05) is 44.5 Å². The summed E-state index contributed by atoms with van der Waals surface area (Å²) in [5, 5.41) is 4.29. The summed E-state index contributed by atoms with van der Waals surface area (Å²) in [6, 6.07) is 7.01. The number of benzene rings is 1. The smallest absolute Gasteiger partial charge is 0.0568 e. The first kappa shape index (κ1) is 16.0. The molecular weight excluding hydrogens is 284 g/mol. The Morgan fingerprint density at radius 2 is 2.19 bits per heavy atom. The van der Waals surface area contributed by atoms with Crippen LogP contribution in [-0.2, 0) is 13.6 Å². The molecule has 0 bridgehead atoms. The van der Waals surface area contributed by atoms with Crippen LogP contribution in [0.2, 0.25) is 0 Å². The summed E-state index contributed by atoms with van der Waals surface area (Å²) < 4.78 is 1.85. The van der Waals surface area contributed by atoms with Crippen LogP contribution in [0.15, 0.2) is 30.6 Å². The highest BCUT2D eigenvalue weighted by Crippen LogP contribution is 2.26. The molecule has 2 aromatic rings. The quantitative estimate of drug-likeness (QED) is 0.947. The van der Waals surface area contributed by atoms with Gasteiger partial charge in [0.25, 0.3) is 0 Å². The van der Waals surface area contributed by atoms with E-state index in [0.29, 0.717) is 6.04 Å². The van der Waals surface area contributed by atoms with Crippen LogP contribution in [0.1, 0.15) is 17.5 Å². The molecule has 2 heterocycles. The third-order valence-electron chi connectivity index (χ3n) is 3.98. The molecule has 0 unspecified atom stereocenters. The topological polar surface area (TPSA) is 47.1 Å². The van der Waals surface area contributed by atoms with Crippen LogP contribution in [0.3, 0.4) is 0 Å². The maximum Gasteiger partial charge on any atom is 0.0568 e. The van der Waals surface area contributed by atoms with Crippen LogP contribution in [-0.4, -0.2) is 33.8 Å². The predicted octanol–water partition coefficient (Wildman–Crippen LogP) is 2.35. The lowest BCUT2D eigenvalue weighted by Crippen LogP contribution is -2.26. The Bertz CT molecular complexity index is 608. The van der Waals surface area contributed by atoms with Crippen molar-refractivity contribution in [3.05, 3.63) is 41.7 Å². The van der Waals surface area contributed by atoms with Gasteiger partial charge in [0.05, 0.1) is 6.20 Å². The largest absolute Gasteiger partial charge is 0.326 e. The van der Waals surface area contributed by atoms with Gasteiger partial charge in [-0.15, -0.1) is 12.4 Å². The summed E-state index contributed by atoms with van der Waals surface area (Å²) in [5.41, 5.74) is 11.1. The van der Waals surface area contributed by atoms with Crippen molar-refractivity contribution in [3.8, 4) is 11.1 Å². The fourth-order valence-electron chi connectivity index (χ4n) is 2.90. The van der Waals surface area contributed by atoms with E-state index in [4.69, 9.17) is 5.73 Å². The molecule has 0 radical (unpaired) electrons. The van der Waals surface area contributed by atoms with Gasteiger partial charge in [0.1, 0.15) is 0 Å². The lowest BCUT2D eigenvalue weighted by Gasteiger charge is -2.18. The molecule has 2 N–H and O–H groups in total. The Kier molecular flexibility index (Phi) is 5.04. The maximum absolute atomic E-state index is 6.00. The molecule has 1 aromatic carbocycles. The number of aryl methyl sites for hydroxylation is 2. The van der Waals surface area contributed by atoms with E-state index < -0.39 is 0 Å². The van der Waals surface area contributed by atoms with E-state index >= 15 is 0 Å². The fourth-order valence-corrected chi connectivity index (χ4v) is 2.90. The summed E-state index contributed by atoms with van der Waals surface area (Å²) in [6.07, 6.45) is 5.12. The van der Waals surface area contributed by atoms with Gasteiger partial charge in [-0.25, -0.2) is 0 Å². The van der Waals surface area contributed by atoms with Gasteiger partial charge in [-0.3, -0.25) is 9.58 Å². The van der Waals surface area contributed by atoms with Gasteiger partial charge >= 0.3 is 0 Å². The number of likely N-dealkylation sites (tertiary alicyclic amines) is 1. The number of hydrogen-bond acceptors (Lipinski definition) is 3. The molecule has 0 spiro atoms. The summed E-state index contributed by atoms with van der Waals surface area (Å²) in [5.74, 6) is 0. The van der Waals surface area contributed by atoms with Crippen LogP contribution < -0.4 is 5.73 Å². The molecule has 4 nitrogen and oxygen atoms in total. The van der Waals surface area contributed by atoms with E-state index in [1.807, 2.05) is 17.9 Å². The van der Waals surface area contributed by atoms with Gasteiger partial charge in [0.15, 0.2) is 0 Å². The van der Waals surface area contributed by atoms with E-state index in [9.17, 15) is 0 Å². The van der Waals surface area contributed by atoms with Crippen LogP contribution in [0.5, 0.6) is 0 Å². The van der Waals surface area contributed by atoms with E-state index in [1.165, 1.54) is 22.3 Å². The molecule has 3 rings (SSSR count). The van der Waals surface area contributed by atoms with Gasteiger partial charge in [-0.05, 0) is 24.5 Å². The van der Waals surface area contributed by atoms with Gasteiger partial charge < -0.3 is 5.73 Å². The van der Waals surface area contributed by atoms with Gasteiger partial charge in [-0.2, -0.15) is 5.10 Å². The highest BCUT2D eigenvalue weighted by Gasteiger charge is 2.20. The number of aromatic nitrogens is 2. The Labute approximate surface area is 132 Å². The highest BCUT2D eigenvalue weighted by molar-refractivity contribution is 5.85. The number of nitrogens with zero attached hydrogens (tertiary/aromatic N) is 3. The molecule has 114 valence electrons. The summed E-state index contributed by atoms with van der Waals surface area (Å²) >= 11 is 0. The molecule has 1 saturated heterocycles. The highest BCUT2D eigenvalue weighted by atomic mass is 35.5. The second-order valence-electron chi connectivity index (χ2n) is 5.85. The Hall–Kier alpha value is -1.36. The molecule has 1 aromatic heterocycles. The third-order valence-corrected chi connectivity index (χ3v) is 3.98. The Morgan fingerprint density at radius 3 is 2.81 bits per heavy atom. The molecule has 1 fully saturated rings. The van der Waals surface area contributed by atoms with E-state index in [0.717, 1.165) is 26.1 Å². The molecule has 1 aliphatic heterocycles. The zero-order chi connectivity index (χ0) is 14.1. The van der Waals surface area contributed by atoms with Crippen molar-refractivity contribution in [1.82, 2.24) is 14.7 Å². The van der Waals surface area contributed by atoms with Crippen molar-refractivity contribution in [1.29, 1.82) is 0 Å². The molecule has 0 saturated carbocycles. The first-order chi connectivity index (χ1) is 9.61. The van der Waals surface area contributed by atoms with Crippen molar-refractivity contribution >= 4 is 12.4 Å². The molecule has 21 heavy (non-hydrogen) atoms. The maximum atomic E-state index is 6.00. The van der Waals surface area contributed by atoms with Crippen LogP contribution in [0.4, 0.5) is 0 Å². The van der Waals surface area contributed by atoms with Crippen molar-refractivity contribution in [2.75, 3.05) is 13.1 Å². The normalized spacial score (nSPS) is 18.7. The Balaban J connectivity index is 0.00000161. The van der Waals surface area contributed by atoms with Gasteiger partial charge in [-0.1, -0.05) is 23.8 Å². The predicted molar refractivity (Wildman–Crippen MR) is 88.5 cm³/mol. The monoisotopic (exact) mass is 306 g/mol. The minimum absolute atomic E-state index is 0. The van der Waals surface area contributed by atoms with E-state index in [2.05, 4.69) is 41.3 Å². The number of rotatable bonds is 3. The molecule has 5 heteroatoms. The minimum Gasteiger partial charge on any atom is -0.326 e. The zero-order valence-electron chi connectivity index (χ0n) is 12.6. The first-order valence-electron chi connectivity index (χ1n) is 7.18. The summed E-state index contributed by atoms with van der Waals surface area (Å²) in [7, 11) is 1.96. The number of hydrogen-bond donors (Lipinski definition) is 1. The lowest BCUT2D eigenvalue weighted by atomic mass is 9.99. The third kappa shape index (κ3) is 3.64. The average molecular weight is 307 g/mol. The van der Waals surface area contributed by atoms with E-state index in [-0.39, 0.29) is 12.4 Å². The molecular formula is C16H23ClN4.